The van der Waals surface area contributed by atoms with Gasteiger partial charge in [-0.1, -0.05) is 43.9 Å². The first-order chi connectivity index (χ1) is 10.2. The van der Waals surface area contributed by atoms with E-state index in [4.69, 9.17) is 5.84 Å². The van der Waals surface area contributed by atoms with Gasteiger partial charge in [-0.25, -0.2) is 0 Å². The fraction of sp³-hybridized carbons (Fsp3) is 0.684. The molecule has 2 nitrogen and oxygen atoms in total. The maximum atomic E-state index is 5.97. The standard InChI is InChI=1S/C19H30N2/c1-13-6-5-9-18(14(13)2)19(21-20)17-11-10-15-7-3-4-8-16(15)12-17/h5-6,9,15-17,19,21H,3-4,7-8,10-12,20H2,1-2H3. The van der Waals surface area contributed by atoms with Gasteiger partial charge in [-0.05, 0) is 67.6 Å². The van der Waals surface area contributed by atoms with E-state index in [-0.39, 0.29) is 0 Å². The van der Waals surface area contributed by atoms with Crippen LogP contribution in [0.4, 0.5) is 0 Å². The second kappa shape index (κ2) is 6.50. The van der Waals surface area contributed by atoms with Crippen LogP contribution in [0.15, 0.2) is 18.2 Å². The van der Waals surface area contributed by atoms with Gasteiger partial charge < -0.3 is 0 Å². The highest BCUT2D eigenvalue weighted by Crippen LogP contribution is 2.46. The van der Waals surface area contributed by atoms with Crippen molar-refractivity contribution in [1.82, 2.24) is 5.43 Å². The van der Waals surface area contributed by atoms with Crippen LogP contribution < -0.4 is 11.3 Å². The van der Waals surface area contributed by atoms with Crippen molar-refractivity contribution in [3.05, 3.63) is 34.9 Å². The average Bonchev–Trinajstić information content (AvgIpc) is 2.52. The van der Waals surface area contributed by atoms with Gasteiger partial charge in [0.2, 0.25) is 0 Å². The Morgan fingerprint density at radius 1 is 1.05 bits per heavy atom. The first-order valence-electron chi connectivity index (χ1n) is 8.73. The molecule has 116 valence electrons. The number of fused-ring (bicyclic) bond motifs is 1. The molecule has 1 aromatic rings. The van der Waals surface area contributed by atoms with Gasteiger partial charge in [0.15, 0.2) is 0 Å². The van der Waals surface area contributed by atoms with Crippen molar-refractivity contribution in [1.29, 1.82) is 0 Å². The van der Waals surface area contributed by atoms with Crippen LogP contribution in [0.1, 0.15) is 67.7 Å². The lowest BCUT2D eigenvalue weighted by Crippen LogP contribution is -2.38. The Morgan fingerprint density at radius 3 is 2.57 bits per heavy atom. The summed E-state index contributed by atoms with van der Waals surface area (Å²) in [6.45, 7) is 4.44. The molecule has 1 aromatic carbocycles. The molecular weight excluding hydrogens is 256 g/mol. The van der Waals surface area contributed by atoms with E-state index < -0.39 is 0 Å². The van der Waals surface area contributed by atoms with E-state index in [0.717, 1.165) is 11.8 Å². The van der Waals surface area contributed by atoms with Crippen LogP contribution in [0.2, 0.25) is 0 Å². The van der Waals surface area contributed by atoms with Crippen LogP contribution in [-0.2, 0) is 0 Å². The van der Waals surface area contributed by atoms with E-state index in [2.05, 4.69) is 37.5 Å². The van der Waals surface area contributed by atoms with Gasteiger partial charge in [0.1, 0.15) is 0 Å². The lowest BCUT2D eigenvalue weighted by molar-refractivity contribution is 0.109. The Bertz CT molecular complexity index is 482. The Labute approximate surface area is 129 Å². The molecule has 0 heterocycles. The van der Waals surface area contributed by atoms with Gasteiger partial charge >= 0.3 is 0 Å². The Balaban J connectivity index is 1.78. The highest BCUT2D eigenvalue weighted by atomic mass is 15.2. The summed E-state index contributed by atoms with van der Waals surface area (Å²) in [5.74, 6) is 8.64. The number of hydrogen-bond acceptors (Lipinski definition) is 2. The van der Waals surface area contributed by atoms with Crippen molar-refractivity contribution in [2.45, 2.75) is 64.8 Å². The molecule has 2 aliphatic rings. The molecule has 2 saturated carbocycles. The molecular formula is C19H30N2. The Morgan fingerprint density at radius 2 is 1.81 bits per heavy atom. The molecule has 4 atom stereocenters. The number of aryl methyl sites for hydroxylation is 1. The zero-order valence-corrected chi connectivity index (χ0v) is 13.6. The van der Waals surface area contributed by atoms with Crippen LogP contribution in [0.3, 0.4) is 0 Å². The highest BCUT2D eigenvalue weighted by Gasteiger charge is 2.35. The third-order valence-corrected chi connectivity index (χ3v) is 6.21. The van der Waals surface area contributed by atoms with Gasteiger partial charge in [0, 0.05) is 6.04 Å². The predicted octanol–water partition coefficient (Wildman–Crippen LogP) is 4.41. The minimum atomic E-state index is 0.327. The van der Waals surface area contributed by atoms with Gasteiger partial charge in [-0.15, -0.1) is 0 Å². The number of hydrazine groups is 1. The Kier molecular flexibility index (Phi) is 4.66. The molecule has 21 heavy (non-hydrogen) atoms. The van der Waals surface area contributed by atoms with E-state index in [1.54, 1.807) is 0 Å². The minimum absolute atomic E-state index is 0.327. The molecule has 0 radical (unpaired) electrons. The zero-order valence-electron chi connectivity index (χ0n) is 13.6. The van der Waals surface area contributed by atoms with Crippen molar-refractivity contribution in [2.24, 2.45) is 23.6 Å². The van der Waals surface area contributed by atoms with Crippen LogP contribution in [0.5, 0.6) is 0 Å². The predicted molar refractivity (Wildman–Crippen MR) is 88.8 cm³/mol. The summed E-state index contributed by atoms with van der Waals surface area (Å²) in [6.07, 6.45) is 9.95. The molecule has 0 saturated heterocycles. The van der Waals surface area contributed by atoms with Gasteiger partial charge in [0.25, 0.3) is 0 Å². The van der Waals surface area contributed by atoms with Crippen molar-refractivity contribution >= 4 is 0 Å². The number of benzene rings is 1. The summed E-state index contributed by atoms with van der Waals surface area (Å²) in [6, 6.07) is 6.96. The van der Waals surface area contributed by atoms with Gasteiger partial charge in [-0.2, -0.15) is 0 Å². The summed E-state index contributed by atoms with van der Waals surface area (Å²) in [4.78, 5) is 0. The second-order valence-electron chi connectivity index (χ2n) is 7.31. The molecule has 0 spiro atoms. The van der Waals surface area contributed by atoms with E-state index in [1.165, 1.54) is 61.6 Å². The van der Waals surface area contributed by atoms with E-state index in [0.29, 0.717) is 12.0 Å². The first-order valence-corrected chi connectivity index (χ1v) is 8.73. The molecule has 2 fully saturated rings. The van der Waals surface area contributed by atoms with Crippen molar-refractivity contribution < 1.29 is 0 Å². The molecule has 0 aromatic heterocycles. The zero-order chi connectivity index (χ0) is 14.8. The summed E-state index contributed by atoms with van der Waals surface area (Å²) < 4.78 is 0. The number of hydrogen-bond donors (Lipinski definition) is 2. The van der Waals surface area contributed by atoms with Crippen LogP contribution in [0, 0.1) is 31.6 Å². The van der Waals surface area contributed by atoms with E-state index in [9.17, 15) is 0 Å². The minimum Gasteiger partial charge on any atom is -0.271 e. The molecule has 0 bridgehead atoms. The molecule has 4 unspecified atom stereocenters. The maximum absolute atomic E-state index is 5.97. The summed E-state index contributed by atoms with van der Waals surface area (Å²) >= 11 is 0. The summed E-state index contributed by atoms with van der Waals surface area (Å²) in [5, 5.41) is 0. The van der Waals surface area contributed by atoms with Gasteiger partial charge in [0.05, 0.1) is 0 Å². The monoisotopic (exact) mass is 286 g/mol. The molecule has 2 heteroatoms. The largest absolute Gasteiger partial charge is 0.271 e. The normalized spacial score (nSPS) is 30.7. The maximum Gasteiger partial charge on any atom is 0.0490 e. The van der Waals surface area contributed by atoms with Crippen LogP contribution in [-0.4, -0.2) is 0 Å². The van der Waals surface area contributed by atoms with E-state index in [1.807, 2.05) is 0 Å². The van der Waals surface area contributed by atoms with Crippen molar-refractivity contribution in [3.63, 3.8) is 0 Å². The highest BCUT2D eigenvalue weighted by molar-refractivity contribution is 5.35. The summed E-state index contributed by atoms with van der Waals surface area (Å²) in [7, 11) is 0. The second-order valence-corrected chi connectivity index (χ2v) is 7.31. The fourth-order valence-corrected chi connectivity index (χ4v) is 4.80. The summed E-state index contributed by atoms with van der Waals surface area (Å²) in [5.41, 5.74) is 7.35. The first kappa shape index (κ1) is 15.1. The Hall–Kier alpha value is -0.860. The molecule has 0 amide bonds. The van der Waals surface area contributed by atoms with Crippen LogP contribution in [0.25, 0.3) is 0 Å². The molecule has 3 N–H and O–H groups in total. The lowest BCUT2D eigenvalue weighted by Gasteiger charge is -2.42. The van der Waals surface area contributed by atoms with E-state index >= 15 is 0 Å². The molecule has 0 aliphatic heterocycles. The smallest absolute Gasteiger partial charge is 0.0490 e. The number of nitrogens with two attached hydrogens (primary N) is 1. The lowest BCUT2D eigenvalue weighted by atomic mass is 9.65. The molecule has 2 aliphatic carbocycles. The van der Waals surface area contributed by atoms with Crippen molar-refractivity contribution in [2.75, 3.05) is 0 Å². The third kappa shape index (κ3) is 3.02. The average molecular weight is 286 g/mol. The van der Waals surface area contributed by atoms with Crippen molar-refractivity contribution in [3.8, 4) is 0 Å². The number of nitrogens with one attached hydrogen (secondary N) is 1. The topological polar surface area (TPSA) is 38.0 Å². The molecule has 3 rings (SSSR count). The SMILES string of the molecule is Cc1cccc(C(NN)C2CCC3CCCCC3C2)c1C. The third-order valence-electron chi connectivity index (χ3n) is 6.21. The number of rotatable bonds is 3. The quantitative estimate of drug-likeness (QED) is 0.638. The van der Waals surface area contributed by atoms with Gasteiger partial charge in [-0.3, -0.25) is 11.3 Å². The van der Waals surface area contributed by atoms with Crippen LogP contribution >= 0.6 is 0 Å². The fourth-order valence-electron chi connectivity index (χ4n) is 4.80.